The van der Waals surface area contributed by atoms with Gasteiger partial charge in [-0.1, -0.05) is 25.4 Å². The normalized spacial score (nSPS) is 28.1. The minimum atomic E-state index is -1.24. The minimum absolute atomic E-state index is 0.00879. The summed E-state index contributed by atoms with van der Waals surface area (Å²) >= 11 is 5.75. The first kappa shape index (κ1) is 14.9. The molecule has 0 aromatic heterocycles. The van der Waals surface area contributed by atoms with Gasteiger partial charge < -0.3 is 5.73 Å². The Kier molecular flexibility index (Phi) is 4.33. The lowest BCUT2D eigenvalue weighted by molar-refractivity contribution is 0.230. The summed E-state index contributed by atoms with van der Waals surface area (Å²) in [6, 6.07) is 4.17. The van der Waals surface area contributed by atoms with Gasteiger partial charge in [0.15, 0.2) is 0 Å². The number of hydrogen-bond acceptors (Lipinski definition) is 2. The van der Waals surface area contributed by atoms with Gasteiger partial charge >= 0.3 is 0 Å². The number of nitrogens with two attached hydrogens (primary N) is 1. The van der Waals surface area contributed by atoms with E-state index in [0.717, 1.165) is 19.3 Å². The molecular weight excluding hydrogens is 285 g/mol. The third-order valence-corrected chi connectivity index (χ3v) is 5.86. The number of halogens is 2. The van der Waals surface area contributed by atoms with Crippen LogP contribution in [0.4, 0.5) is 4.39 Å². The van der Waals surface area contributed by atoms with Crippen molar-refractivity contribution >= 4 is 22.4 Å². The Morgan fingerprint density at radius 2 is 2.16 bits per heavy atom. The summed E-state index contributed by atoms with van der Waals surface area (Å²) in [7, 11) is -1.24. The van der Waals surface area contributed by atoms with Crippen LogP contribution in [0.15, 0.2) is 23.1 Å². The molecule has 0 radical (unpaired) electrons. The molecule has 0 saturated heterocycles. The van der Waals surface area contributed by atoms with Crippen molar-refractivity contribution in [3.63, 3.8) is 0 Å². The van der Waals surface area contributed by atoms with Gasteiger partial charge in [-0.2, -0.15) is 0 Å². The summed E-state index contributed by atoms with van der Waals surface area (Å²) < 4.78 is 25.8. The zero-order valence-electron chi connectivity index (χ0n) is 11.2. The summed E-state index contributed by atoms with van der Waals surface area (Å²) in [4.78, 5) is 0.560. The summed E-state index contributed by atoms with van der Waals surface area (Å²) in [6.45, 7) is 4.33. The molecule has 106 valence electrons. The van der Waals surface area contributed by atoms with Crippen LogP contribution >= 0.6 is 11.6 Å². The molecule has 0 heterocycles. The highest BCUT2D eigenvalue weighted by Gasteiger charge is 2.36. The van der Waals surface area contributed by atoms with Gasteiger partial charge in [-0.15, -0.1) is 0 Å². The molecule has 1 fully saturated rings. The molecule has 3 atom stereocenters. The van der Waals surface area contributed by atoms with Crippen molar-refractivity contribution in [3.05, 3.63) is 29.0 Å². The lowest BCUT2D eigenvalue weighted by Gasteiger charge is -2.38. The maximum Gasteiger partial charge on any atom is 0.141 e. The van der Waals surface area contributed by atoms with E-state index in [-0.39, 0.29) is 21.7 Å². The Morgan fingerprint density at radius 1 is 1.47 bits per heavy atom. The summed E-state index contributed by atoms with van der Waals surface area (Å²) in [5.74, 6) is -0.490. The molecule has 2 rings (SSSR count). The molecule has 0 aliphatic heterocycles. The zero-order chi connectivity index (χ0) is 14.2. The maximum absolute atomic E-state index is 13.1. The topological polar surface area (TPSA) is 43.1 Å². The van der Waals surface area contributed by atoms with Gasteiger partial charge in [0, 0.05) is 10.9 Å². The van der Waals surface area contributed by atoms with Crippen LogP contribution < -0.4 is 5.73 Å². The molecule has 5 heteroatoms. The van der Waals surface area contributed by atoms with E-state index in [0.29, 0.717) is 4.90 Å². The molecule has 19 heavy (non-hydrogen) atoms. The Balaban J connectivity index is 2.24. The van der Waals surface area contributed by atoms with Crippen LogP contribution in [0.25, 0.3) is 0 Å². The molecule has 0 bridgehead atoms. The van der Waals surface area contributed by atoms with E-state index in [2.05, 4.69) is 13.8 Å². The predicted octanol–water partition coefficient (Wildman–Crippen LogP) is 3.49. The van der Waals surface area contributed by atoms with Crippen molar-refractivity contribution in [1.29, 1.82) is 0 Å². The Labute approximate surface area is 121 Å². The van der Waals surface area contributed by atoms with Gasteiger partial charge in [0.25, 0.3) is 0 Å². The summed E-state index contributed by atoms with van der Waals surface area (Å²) in [6.07, 6.45) is 2.74. The SMILES string of the molecule is CC1(C)CCC(N)C(S(=O)c2ccc(F)c(Cl)c2)C1. The van der Waals surface area contributed by atoms with Crippen molar-refractivity contribution in [2.75, 3.05) is 0 Å². The van der Waals surface area contributed by atoms with Crippen LogP contribution in [-0.2, 0) is 10.8 Å². The lowest BCUT2D eigenvalue weighted by Crippen LogP contribution is -2.45. The van der Waals surface area contributed by atoms with E-state index in [9.17, 15) is 8.60 Å². The van der Waals surface area contributed by atoms with Gasteiger partial charge in [0.05, 0.1) is 21.1 Å². The lowest BCUT2D eigenvalue weighted by atomic mass is 9.75. The van der Waals surface area contributed by atoms with Crippen molar-refractivity contribution in [3.8, 4) is 0 Å². The third kappa shape index (κ3) is 3.36. The predicted molar refractivity (Wildman–Crippen MR) is 77.2 cm³/mol. The molecule has 1 aromatic carbocycles. The molecular formula is C14H19ClFNOS. The van der Waals surface area contributed by atoms with E-state index in [1.165, 1.54) is 18.2 Å². The van der Waals surface area contributed by atoms with E-state index < -0.39 is 16.6 Å². The monoisotopic (exact) mass is 303 g/mol. The van der Waals surface area contributed by atoms with Crippen molar-refractivity contribution in [1.82, 2.24) is 0 Å². The third-order valence-electron chi connectivity index (χ3n) is 3.78. The van der Waals surface area contributed by atoms with Gasteiger partial charge in [0.1, 0.15) is 5.82 Å². The van der Waals surface area contributed by atoms with E-state index in [1.54, 1.807) is 0 Å². The molecule has 2 nitrogen and oxygen atoms in total. The molecule has 2 N–H and O–H groups in total. The van der Waals surface area contributed by atoms with Gasteiger partial charge in [0.2, 0.25) is 0 Å². The Bertz CT molecular complexity index is 506. The average Bonchev–Trinajstić information content (AvgIpc) is 2.35. The Morgan fingerprint density at radius 3 is 2.79 bits per heavy atom. The van der Waals surface area contributed by atoms with Gasteiger partial charge in [-0.25, -0.2) is 4.39 Å². The second-order valence-electron chi connectivity index (χ2n) is 5.98. The highest BCUT2D eigenvalue weighted by atomic mass is 35.5. The van der Waals surface area contributed by atoms with Crippen molar-refractivity contribution in [2.45, 2.75) is 49.3 Å². The van der Waals surface area contributed by atoms with Crippen molar-refractivity contribution < 1.29 is 8.60 Å². The smallest absolute Gasteiger partial charge is 0.141 e. The second-order valence-corrected chi connectivity index (χ2v) is 8.06. The molecule has 1 aliphatic carbocycles. The Hall–Kier alpha value is -0.450. The minimum Gasteiger partial charge on any atom is -0.327 e. The zero-order valence-corrected chi connectivity index (χ0v) is 12.7. The van der Waals surface area contributed by atoms with E-state index in [1.807, 2.05) is 0 Å². The first-order valence-corrected chi connectivity index (χ1v) is 8.00. The number of benzene rings is 1. The van der Waals surface area contributed by atoms with Crippen LogP contribution in [0.3, 0.4) is 0 Å². The molecule has 1 aromatic rings. The fraction of sp³-hybridized carbons (Fsp3) is 0.571. The molecule has 1 saturated carbocycles. The largest absolute Gasteiger partial charge is 0.327 e. The van der Waals surface area contributed by atoms with E-state index >= 15 is 0 Å². The van der Waals surface area contributed by atoms with Crippen LogP contribution in [0.2, 0.25) is 5.02 Å². The highest BCUT2D eigenvalue weighted by Crippen LogP contribution is 2.38. The second kappa shape index (κ2) is 5.51. The fourth-order valence-corrected chi connectivity index (χ4v) is 4.64. The maximum atomic E-state index is 13.1. The van der Waals surface area contributed by atoms with Crippen LogP contribution in [0.1, 0.15) is 33.1 Å². The average molecular weight is 304 g/mol. The molecule has 3 unspecified atom stereocenters. The highest BCUT2D eigenvalue weighted by molar-refractivity contribution is 7.85. The van der Waals surface area contributed by atoms with Crippen LogP contribution in [-0.4, -0.2) is 15.5 Å². The van der Waals surface area contributed by atoms with E-state index in [4.69, 9.17) is 17.3 Å². The summed E-state index contributed by atoms with van der Waals surface area (Å²) in [5, 5.41) is -0.0835. The van der Waals surface area contributed by atoms with Crippen molar-refractivity contribution in [2.24, 2.45) is 11.1 Å². The first-order chi connectivity index (χ1) is 8.80. The number of rotatable bonds is 2. The molecule has 0 amide bonds. The molecule has 0 spiro atoms. The quantitative estimate of drug-likeness (QED) is 0.909. The van der Waals surface area contributed by atoms with Crippen LogP contribution in [0.5, 0.6) is 0 Å². The standard InChI is InChI=1S/C14H19ClFNOS/c1-14(2)6-5-12(17)13(8-14)19(18)9-3-4-11(16)10(15)7-9/h3-4,7,12-13H,5-6,8,17H2,1-2H3. The van der Waals surface area contributed by atoms with Gasteiger partial charge in [-0.05, 0) is 42.9 Å². The molecule has 1 aliphatic rings. The first-order valence-electron chi connectivity index (χ1n) is 6.41. The number of hydrogen-bond donors (Lipinski definition) is 1. The summed E-state index contributed by atoms with van der Waals surface area (Å²) in [5.41, 5.74) is 6.26. The van der Waals surface area contributed by atoms with Crippen LogP contribution in [0, 0.1) is 11.2 Å². The van der Waals surface area contributed by atoms with Gasteiger partial charge in [-0.3, -0.25) is 4.21 Å². The fourth-order valence-electron chi connectivity index (χ4n) is 2.55.